The number of aliphatic imine (C=N–C) groups is 1. The molecule has 2 aromatic carbocycles. The van der Waals surface area contributed by atoms with Crippen molar-refractivity contribution in [1.82, 2.24) is 10.2 Å². The number of fused-ring (bicyclic) bond motifs is 1. The molecule has 0 bridgehead atoms. The largest absolute Gasteiger partial charge is 0.489 e. The Labute approximate surface area is 214 Å². The molecule has 0 radical (unpaired) electrons. The predicted octanol–water partition coefficient (Wildman–Crippen LogP) is 4.57. The van der Waals surface area contributed by atoms with Crippen molar-refractivity contribution in [2.45, 2.75) is 45.1 Å². The minimum Gasteiger partial charge on any atom is -0.489 e. The summed E-state index contributed by atoms with van der Waals surface area (Å²) in [5, 5.41) is 3.50. The minimum absolute atomic E-state index is 0. The normalized spacial score (nSPS) is 18.7. The number of halogens is 1. The lowest BCUT2D eigenvalue weighted by molar-refractivity contribution is -0.127. The molecular weight excluding hydrogens is 527 g/mol. The summed E-state index contributed by atoms with van der Waals surface area (Å²) in [5.41, 5.74) is 3.67. The van der Waals surface area contributed by atoms with Crippen LogP contribution in [0.25, 0.3) is 0 Å². The SMILES string of the molecule is CN=C(NCC(C)Oc1ccccc1C)N1CC(CCN2CCCC2=O)c2ccccc21.I. The fraction of sp³-hybridized carbons (Fsp3) is 0.462. The van der Waals surface area contributed by atoms with E-state index in [4.69, 9.17) is 4.74 Å². The van der Waals surface area contributed by atoms with E-state index in [1.165, 1.54) is 11.3 Å². The van der Waals surface area contributed by atoms with Gasteiger partial charge in [0.25, 0.3) is 0 Å². The van der Waals surface area contributed by atoms with E-state index < -0.39 is 0 Å². The van der Waals surface area contributed by atoms with Gasteiger partial charge in [0.05, 0.1) is 6.54 Å². The van der Waals surface area contributed by atoms with Crippen molar-refractivity contribution in [2.24, 2.45) is 4.99 Å². The van der Waals surface area contributed by atoms with Gasteiger partial charge >= 0.3 is 0 Å². The molecule has 2 atom stereocenters. The zero-order valence-corrected chi connectivity index (χ0v) is 22.1. The van der Waals surface area contributed by atoms with E-state index in [9.17, 15) is 4.79 Å². The van der Waals surface area contributed by atoms with Crippen LogP contribution < -0.4 is 15.0 Å². The molecule has 0 spiro atoms. The number of amides is 1. The lowest BCUT2D eigenvalue weighted by atomic mass is 9.98. The first kappa shape index (κ1) is 25.3. The number of benzene rings is 2. The maximum absolute atomic E-state index is 12.0. The third-order valence-electron chi connectivity index (χ3n) is 6.43. The Balaban J connectivity index is 0.00000306. The summed E-state index contributed by atoms with van der Waals surface area (Å²) in [4.78, 5) is 20.9. The van der Waals surface area contributed by atoms with Crippen molar-refractivity contribution >= 4 is 41.5 Å². The lowest BCUT2D eigenvalue weighted by Crippen LogP contribution is -2.44. The number of anilines is 1. The van der Waals surface area contributed by atoms with Gasteiger partial charge in [-0.1, -0.05) is 36.4 Å². The third-order valence-corrected chi connectivity index (χ3v) is 6.43. The molecule has 7 heteroatoms. The Kier molecular flexibility index (Phi) is 9.00. The second-order valence-electron chi connectivity index (χ2n) is 8.76. The molecule has 0 aromatic heterocycles. The Hall–Kier alpha value is -2.29. The highest BCUT2D eigenvalue weighted by molar-refractivity contribution is 14.0. The molecule has 2 aliphatic heterocycles. The summed E-state index contributed by atoms with van der Waals surface area (Å²) in [6.45, 7) is 7.39. The minimum atomic E-state index is 0. The monoisotopic (exact) mass is 562 g/mol. The summed E-state index contributed by atoms with van der Waals surface area (Å²) in [5.74, 6) is 2.46. The average molecular weight is 562 g/mol. The van der Waals surface area contributed by atoms with Crippen molar-refractivity contribution in [3.05, 3.63) is 59.7 Å². The predicted molar refractivity (Wildman–Crippen MR) is 145 cm³/mol. The molecule has 33 heavy (non-hydrogen) atoms. The summed E-state index contributed by atoms with van der Waals surface area (Å²) >= 11 is 0. The van der Waals surface area contributed by atoms with E-state index in [0.717, 1.165) is 49.7 Å². The first-order chi connectivity index (χ1) is 15.6. The van der Waals surface area contributed by atoms with Crippen molar-refractivity contribution in [3.8, 4) is 5.75 Å². The molecule has 1 fully saturated rings. The lowest BCUT2D eigenvalue weighted by Gasteiger charge is -2.25. The zero-order chi connectivity index (χ0) is 22.5. The number of nitrogens with one attached hydrogen (secondary N) is 1. The van der Waals surface area contributed by atoms with Gasteiger partial charge in [0.15, 0.2) is 5.96 Å². The van der Waals surface area contributed by atoms with Crippen LogP contribution in [0, 0.1) is 6.92 Å². The fourth-order valence-corrected chi connectivity index (χ4v) is 4.67. The molecule has 0 aliphatic carbocycles. The molecule has 4 rings (SSSR count). The van der Waals surface area contributed by atoms with Gasteiger partial charge < -0.3 is 19.9 Å². The number of ether oxygens (including phenoxy) is 1. The number of likely N-dealkylation sites (tertiary alicyclic amines) is 1. The molecule has 178 valence electrons. The maximum Gasteiger partial charge on any atom is 0.222 e. The number of hydrogen-bond acceptors (Lipinski definition) is 3. The Bertz CT molecular complexity index is 980. The number of guanidine groups is 1. The highest BCUT2D eigenvalue weighted by atomic mass is 127. The summed E-state index contributed by atoms with van der Waals surface area (Å²) in [7, 11) is 1.83. The first-order valence-corrected chi connectivity index (χ1v) is 11.6. The van der Waals surface area contributed by atoms with Gasteiger partial charge in [0, 0.05) is 44.7 Å². The van der Waals surface area contributed by atoms with Crippen LogP contribution >= 0.6 is 24.0 Å². The van der Waals surface area contributed by atoms with E-state index in [0.29, 0.717) is 24.8 Å². The van der Waals surface area contributed by atoms with Crippen molar-refractivity contribution in [2.75, 3.05) is 38.1 Å². The Morgan fingerprint density at radius 2 is 1.97 bits per heavy atom. The topological polar surface area (TPSA) is 57.2 Å². The summed E-state index contributed by atoms with van der Waals surface area (Å²) in [6.07, 6.45) is 2.67. The third kappa shape index (κ3) is 5.99. The molecule has 2 unspecified atom stereocenters. The highest BCUT2D eigenvalue weighted by Crippen LogP contribution is 2.38. The standard InChI is InChI=1S/C26H34N4O2.HI/c1-19-9-4-7-12-24(19)32-20(2)17-28-26(27-3)30-18-21(22-10-5-6-11-23(22)30)14-16-29-15-8-13-25(29)31;/h4-7,9-12,20-21H,8,13-18H2,1-3H3,(H,27,28);1H. The quantitative estimate of drug-likeness (QED) is 0.305. The van der Waals surface area contributed by atoms with E-state index >= 15 is 0 Å². The second-order valence-corrected chi connectivity index (χ2v) is 8.76. The fourth-order valence-electron chi connectivity index (χ4n) is 4.67. The average Bonchev–Trinajstić information content (AvgIpc) is 3.38. The van der Waals surface area contributed by atoms with E-state index in [1.807, 2.05) is 30.1 Å². The van der Waals surface area contributed by atoms with Crippen LogP contribution in [0.15, 0.2) is 53.5 Å². The second kappa shape index (κ2) is 11.7. The number of carbonyl (C=O) groups excluding carboxylic acids is 1. The van der Waals surface area contributed by atoms with E-state index in [1.54, 1.807) is 0 Å². The van der Waals surface area contributed by atoms with E-state index in [-0.39, 0.29) is 30.1 Å². The van der Waals surface area contributed by atoms with Crippen molar-refractivity contribution in [3.63, 3.8) is 0 Å². The van der Waals surface area contributed by atoms with Crippen LogP contribution in [0.1, 0.15) is 43.2 Å². The maximum atomic E-state index is 12.0. The highest BCUT2D eigenvalue weighted by Gasteiger charge is 2.32. The number of para-hydroxylation sites is 2. The summed E-state index contributed by atoms with van der Waals surface area (Å²) < 4.78 is 6.13. The molecule has 6 nitrogen and oxygen atoms in total. The van der Waals surface area contributed by atoms with Gasteiger partial charge in [-0.15, -0.1) is 24.0 Å². The van der Waals surface area contributed by atoms with Crippen LogP contribution in [0.5, 0.6) is 5.75 Å². The van der Waals surface area contributed by atoms with Gasteiger partial charge in [-0.2, -0.15) is 0 Å². The van der Waals surface area contributed by atoms with Gasteiger partial charge in [0.1, 0.15) is 11.9 Å². The molecule has 2 aliphatic rings. The van der Waals surface area contributed by atoms with Crippen LogP contribution in [-0.2, 0) is 4.79 Å². The molecule has 1 amide bonds. The van der Waals surface area contributed by atoms with Gasteiger partial charge in [0.2, 0.25) is 5.91 Å². The zero-order valence-electron chi connectivity index (χ0n) is 19.8. The van der Waals surface area contributed by atoms with Crippen molar-refractivity contribution < 1.29 is 9.53 Å². The first-order valence-electron chi connectivity index (χ1n) is 11.6. The summed E-state index contributed by atoms with van der Waals surface area (Å²) in [6, 6.07) is 16.6. The molecule has 2 aromatic rings. The number of rotatable bonds is 7. The van der Waals surface area contributed by atoms with Gasteiger partial charge in [-0.05, 0) is 49.9 Å². The number of nitrogens with zero attached hydrogens (tertiary/aromatic N) is 3. The number of carbonyl (C=O) groups is 1. The number of hydrogen-bond donors (Lipinski definition) is 1. The smallest absolute Gasteiger partial charge is 0.222 e. The van der Waals surface area contributed by atoms with E-state index in [2.05, 4.69) is 59.4 Å². The Morgan fingerprint density at radius 3 is 2.70 bits per heavy atom. The number of aryl methyl sites for hydroxylation is 1. The molecular formula is C26H35IN4O2. The Morgan fingerprint density at radius 1 is 1.21 bits per heavy atom. The van der Waals surface area contributed by atoms with Crippen LogP contribution in [0.4, 0.5) is 5.69 Å². The van der Waals surface area contributed by atoms with Crippen LogP contribution in [0.3, 0.4) is 0 Å². The molecule has 1 saturated heterocycles. The van der Waals surface area contributed by atoms with Crippen LogP contribution in [0.2, 0.25) is 0 Å². The van der Waals surface area contributed by atoms with Crippen LogP contribution in [-0.4, -0.2) is 56.1 Å². The van der Waals surface area contributed by atoms with Gasteiger partial charge in [-0.25, -0.2) is 0 Å². The van der Waals surface area contributed by atoms with Crippen molar-refractivity contribution in [1.29, 1.82) is 0 Å². The molecule has 1 N–H and O–H groups in total. The molecule has 2 heterocycles. The molecule has 0 saturated carbocycles. The van der Waals surface area contributed by atoms with Gasteiger partial charge in [-0.3, -0.25) is 9.79 Å².